The average molecular weight is 368 g/mol. The SMILES string of the molecule is Cc1ccc(NC(=O)C(=O)Nc2cccc(Cl)c2)c(Br)c1. The molecule has 0 aliphatic heterocycles. The Morgan fingerprint density at radius 1 is 1.05 bits per heavy atom. The Hall–Kier alpha value is -1.85. The summed E-state index contributed by atoms with van der Waals surface area (Å²) in [4.78, 5) is 23.7. The first kappa shape index (κ1) is 15.5. The van der Waals surface area contributed by atoms with Gasteiger partial charge in [0.1, 0.15) is 0 Å². The molecule has 0 saturated heterocycles. The molecule has 2 aromatic rings. The van der Waals surface area contributed by atoms with Crippen LogP contribution in [0.1, 0.15) is 5.56 Å². The fraction of sp³-hybridized carbons (Fsp3) is 0.0667. The van der Waals surface area contributed by atoms with E-state index in [1.54, 1.807) is 30.3 Å². The predicted molar refractivity (Wildman–Crippen MR) is 87.6 cm³/mol. The molecule has 0 heterocycles. The van der Waals surface area contributed by atoms with Crippen LogP contribution in [0.5, 0.6) is 0 Å². The Kier molecular flexibility index (Phi) is 4.98. The normalized spacial score (nSPS) is 10.0. The maximum Gasteiger partial charge on any atom is 0.314 e. The zero-order valence-corrected chi connectivity index (χ0v) is 13.5. The fourth-order valence-electron chi connectivity index (χ4n) is 1.65. The van der Waals surface area contributed by atoms with Gasteiger partial charge in [0.15, 0.2) is 0 Å². The van der Waals surface area contributed by atoms with Crippen molar-refractivity contribution in [2.75, 3.05) is 10.6 Å². The van der Waals surface area contributed by atoms with Crippen LogP contribution < -0.4 is 10.6 Å². The van der Waals surface area contributed by atoms with E-state index in [0.29, 0.717) is 20.9 Å². The molecule has 108 valence electrons. The molecule has 6 heteroatoms. The van der Waals surface area contributed by atoms with E-state index >= 15 is 0 Å². The van der Waals surface area contributed by atoms with E-state index in [0.717, 1.165) is 5.56 Å². The second kappa shape index (κ2) is 6.74. The highest BCUT2D eigenvalue weighted by atomic mass is 79.9. The van der Waals surface area contributed by atoms with Gasteiger partial charge in [-0.25, -0.2) is 0 Å². The van der Waals surface area contributed by atoms with Crippen molar-refractivity contribution in [2.24, 2.45) is 0 Å². The standard InChI is InChI=1S/C15H12BrClN2O2/c1-9-5-6-13(12(16)7-9)19-15(21)14(20)18-11-4-2-3-10(17)8-11/h2-8H,1H3,(H,18,20)(H,19,21). The van der Waals surface area contributed by atoms with Crippen molar-refractivity contribution >= 4 is 50.7 Å². The first-order valence-corrected chi connectivity index (χ1v) is 7.27. The first-order valence-electron chi connectivity index (χ1n) is 6.10. The van der Waals surface area contributed by atoms with Gasteiger partial charge in [0, 0.05) is 15.2 Å². The second-order valence-electron chi connectivity index (χ2n) is 4.40. The largest absolute Gasteiger partial charge is 0.318 e. The molecule has 0 aliphatic rings. The van der Waals surface area contributed by atoms with Crippen LogP contribution in [0.25, 0.3) is 0 Å². The molecule has 21 heavy (non-hydrogen) atoms. The number of benzene rings is 2. The Labute approximate surface area is 135 Å². The van der Waals surface area contributed by atoms with E-state index in [1.165, 1.54) is 0 Å². The van der Waals surface area contributed by atoms with Crippen LogP contribution in [0.15, 0.2) is 46.9 Å². The number of amides is 2. The van der Waals surface area contributed by atoms with E-state index in [9.17, 15) is 9.59 Å². The Bertz CT molecular complexity index is 704. The van der Waals surface area contributed by atoms with Crippen molar-refractivity contribution in [3.05, 3.63) is 57.5 Å². The van der Waals surface area contributed by atoms with E-state index in [1.807, 2.05) is 19.1 Å². The molecule has 2 aromatic carbocycles. The van der Waals surface area contributed by atoms with Crippen LogP contribution >= 0.6 is 27.5 Å². The van der Waals surface area contributed by atoms with Gasteiger partial charge in [0.05, 0.1) is 5.69 Å². The maximum atomic E-state index is 11.9. The number of anilines is 2. The summed E-state index contributed by atoms with van der Waals surface area (Å²) in [5, 5.41) is 5.51. The highest BCUT2D eigenvalue weighted by molar-refractivity contribution is 9.10. The number of aryl methyl sites for hydroxylation is 1. The van der Waals surface area contributed by atoms with Crippen LogP contribution in [-0.2, 0) is 9.59 Å². The lowest BCUT2D eigenvalue weighted by Gasteiger charge is -2.08. The van der Waals surface area contributed by atoms with Gasteiger partial charge in [-0.05, 0) is 58.7 Å². The van der Waals surface area contributed by atoms with E-state index < -0.39 is 11.8 Å². The van der Waals surface area contributed by atoms with Crippen molar-refractivity contribution < 1.29 is 9.59 Å². The minimum atomic E-state index is -0.759. The highest BCUT2D eigenvalue weighted by Crippen LogP contribution is 2.23. The number of rotatable bonds is 2. The molecule has 0 bridgehead atoms. The van der Waals surface area contributed by atoms with Crippen molar-refractivity contribution in [3.8, 4) is 0 Å². The van der Waals surface area contributed by atoms with Crippen LogP contribution in [0.2, 0.25) is 5.02 Å². The van der Waals surface area contributed by atoms with E-state index in [2.05, 4.69) is 26.6 Å². The van der Waals surface area contributed by atoms with Crippen LogP contribution in [0.3, 0.4) is 0 Å². The molecule has 2 N–H and O–H groups in total. The van der Waals surface area contributed by atoms with E-state index in [4.69, 9.17) is 11.6 Å². The fourth-order valence-corrected chi connectivity index (χ4v) is 2.44. The van der Waals surface area contributed by atoms with Crippen molar-refractivity contribution in [1.29, 1.82) is 0 Å². The van der Waals surface area contributed by atoms with Crippen LogP contribution in [0, 0.1) is 6.92 Å². The van der Waals surface area contributed by atoms with Crippen LogP contribution in [0.4, 0.5) is 11.4 Å². The summed E-state index contributed by atoms with van der Waals surface area (Å²) in [6, 6.07) is 12.0. The molecule has 2 amide bonds. The third kappa shape index (κ3) is 4.31. The number of hydrogen-bond donors (Lipinski definition) is 2. The summed E-state index contributed by atoms with van der Waals surface area (Å²) in [6.07, 6.45) is 0. The molecule has 0 saturated carbocycles. The maximum absolute atomic E-state index is 11.9. The third-order valence-corrected chi connectivity index (χ3v) is 3.55. The number of hydrogen-bond acceptors (Lipinski definition) is 2. The number of halogens is 2. The van der Waals surface area contributed by atoms with Gasteiger partial charge < -0.3 is 10.6 Å². The second-order valence-corrected chi connectivity index (χ2v) is 5.69. The van der Waals surface area contributed by atoms with Crippen molar-refractivity contribution in [3.63, 3.8) is 0 Å². The van der Waals surface area contributed by atoms with Gasteiger partial charge >= 0.3 is 11.8 Å². The highest BCUT2D eigenvalue weighted by Gasteiger charge is 2.15. The first-order chi connectivity index (χ1) is 9.95. The predicted octanol–water partition coefficient (Wildman–Crippen LogP) is 3.99. The van der Waals surface area contributed by atoms with Gasteiger partial charge in [-0.15, -0.1) is 0 Å². The van der Waals surface area contributed by atoms with Gasteiger partial charge in [0.25, 0.3) is 0 Å². The zero-order valence-electron chi connectivity index (χ0n) is 11.1. The van der Waals surface area contributed by atoms with Crippen LogP contribution in [-0.4, -0.2) is 11.8 Å². The number of carbonyl (C=O) groups is 2. The quantitative estimate of drug-likeness (QED) is 0.789. The molecular weight excluding hydrogens is 356 g/mol. The summed E-state index contributed by atoms with van der Waals surface area (Å²) >= 11 is 9.15. The molecule has 0 fully saturated rings. The summed E-state index contributed by atoms with van der Waals surface area (Å²) in [7, 11) is 0. The Balaban J connectivity index is 2.04. The molecule has 0 aliphatic carbocycles. The summed E-state index contributed by atoms with van der Waals surface area (Å²) in [6.45, 7) is 1.93. The summed E-state index contributed by atoms with van der Waals surface area (Å²) in [5.74, 6) is -1.51. The van der Waals surface area contributed by atoms with E-state index in [-0.39, 0.29) is 0 Å². The third-order valence-electron chi connectivity index (χ3n) is 2.66. The topological polar surface area (TPSA) is 58.2 Å². The molecule has 0 spiro atoms. The summed E-state index contributed by atoms with van der Waals surface area (Å²) in [5.41, 5.74) is 2.04. The Morgan fingerprint density at radius 3 is 2.43 bits per heavy atom. The molecule has 0 aromatic heterocycles. The van der Waals surface area contributed by atoms with Gasteiger partial charge in [-0.2, -0.15) is 0 Å². The molecule has 4 nitrogen and oxygen atoms in total. The lowest BCUT2D eigenvalue weighted by molar-refractivity contribution is -0.133. The Morgan fingerprint density at radius 2 is 1.76 bits per heavy atom. The number of carbonyl (C=O) groups excluding carboxylic acids is 2. The molecule has 2 rings (SSSR count). The molecule has 0 atom stereocenters. The van der Waals surface area contributed by atoms with Gasteiger partial charge in [-0.1, -0.05) is 23.7 Å². The molecular formula is C15H12BrClN2O2. The smallest absolute Gasteiger partial charge is 0.314 e. The molecule has 0 radical (unpaired) electrons. The van der Waals surface area contributed by atoms with Crippen molar-refractivity contribution in [1.82, 2.24) is 0 Å². The summed E-state index contributed by atoms with van der Waals surface area (Å²) < 4.78 is 0.714. The zero-order chi connectivity index (χ0) is 15.4. The van der Waals surface area contributed by atoms with Gasteiger partial charge in [0.2, 0.25) is 0 Å². The van der Waals surface area contributed by atoms with Gasteiger partial charge in [-0.3, -0.25) is 9.59 Å². The molecule has 0 unspecified atom stereocenters. The van der Waals surface area contributed by atoms with Crippen molar-refractivity contribution in [2.45, 2.75) is 6.92 Å². The monoisotopic (exact) mass is 366 g/mol. The minimum absolute atomic E-state index is 0.464. The lowest BCUT2D eigenvalue weighted by Crippen LogP contribution is -2.29. The average Bonchev–Trinajstić information content (AvgIpc) is 2.41. The lowest BCUT2D eigenvalue weighted by atomic mass is 10.2. The minimum Gasteiger partial charge on any atom is -0.318 e. The number of nitrogens with one attached hydrogen (secondary N) is 2.